The first-order valence-corrected chi connectivity index (χ1v) is 7.57. The molecule has 3 aliphatic rings. The van der Waals surface area contributed by atoms with Crippen molar-refractivity contribution in [3.05, 3.63) is 5.82 Å². The third-order valence-corrected chi connectivity index (χ3v) is 4.72. The van der Waals surface area contributed by atoms with Gasteiger partial charge >= 0.3 is 6.01 Å². The van der Waals surface area contributed by atoms with Gasteiger partial charge in [0.25, 0.3) is 0 Å². The quantitative estimate of drug-likeness (QED) is 0.908. The van der Waals surface area contributed by atoms with Gasteiger partial charge in [-0.05, 0) is 38.5 Å². The molecular weight excluding hydrogens is 242 g/mol. The molecule has 0 radical (unpaired) electrons. The first kappa shape index (κ1) is 11.7. The molecule has 1 aromatic heterocycles. The van der Waals surface area contributed by atoms with Gasteiger partial charge in [0.05, 0.1) is 5.60 Å². The van der Waals surface area contributed by atoms with Crippen LogP contribution in [0.5, 0.6) is 0 Å². The third-order valence-electron chi connectivity index (χ3n) is 4.72. The molecule has 3 fully saturated rings. The summed E-state index contributed by atoms with van der Waals surface area (Å²) >= 11 is 0. The van der Waals surface area contributed by atoms with Gasteiger partial charge in [-0.25, -0.2) is 0 Å². The molecule has 104 valence electrons. The standard InChI is InChI=1S/C14H21N3O2/c1-2-7-14(6-1)9-11(5-8-18-14)15-13-16-12(17-19-13)10-3-4-10/h10-11H,1-9H2,(H,15,16,17)/t11-/m1/s1. The molecule has 5 nitrogen and oxygen atoms in total. The smallest absolute Gasteiger partial charge is 0.321 e. The molecule has 4 rings (SSSR count). The topological polar surface area (TPSA) is 60.2 Å². The maximum atomic E-state index is 6.04. The largest absolute Gasteiger partial charge is 0.375 e. The summed E-state index contributed by atoms with van der Waals surface area (Å²) in [5, 5.41) is 7.47. The van der Waals surface area contributed by atoms with Crippen molar-refractivity contribution in [2.45, 2.75) is 68.9 Å². The third kappa shape index (κ3) is 2.36. The monoisotopic (exact) mass is 263 g/mol. The first-order valence-electron chi connectivity index (χ1n) is 7.57. The van der Waals surface area contributed by atoms with E-state index in [1.54, 1.807) is 0 Å². The fourth-order valence-electron chi connectivity index (χ4n) is 3.49. The highest BCUT2D eigenvalue weighted by atomic mass is 16.5. The molecule has 0 amide bonds. The molecule has 0 bridgehead atoms. The lowest BCUT2D eigenvalue weighted by molar-refractivity contribution is -0.0769. The van der Waals surface area contributed by atoms with E-state index in [2.05, 4.69) is 15.5 Å². The van der Waals surface area contributed by atoms with Crippen molar-refractivity contribution in [2.75, 3.05) is 11.9 Å². The maximum absolute atomic E-state index is 6.04. The average Bonchev–Trinajstić information content (AvgIpc) is 3.01. The van der Waals surface area contributed by atoms with E-state index in [-0.39, 0.29) is 5.60 Å². The molecule has 1 saturated heterocycles. The van der Waals surface area contributed by atoms with E-state index < -0.39 is 0 Å². The van der Waals surface area contributed by atoms with Gasteiger partial charge in [0.15, 0.2) is 5.82 Å². The number of nitrogens with one attached hydrogen (secondary N) is 1. The molecule has 1 spiro atoms. The highest BCUT2D eigenvalue weighted by Crippen LogP contribution is 2.41. The second-order valence-electron chi connectivity index (χ2n) is 6.30. The fraction of sp³-hybridized carbons (Fsp3) is 0.857. The Bertz CT molecular complexity index is 449. The predicted molar refractivity (Wildman–Crippen MR) is 70.1 cm³/mol. The van der Waals surface area contributed by atoms with E-state index >= 15 is 0 Å². The minimum atomic E-state index is 0.134. The van der Waals surface area contributed by atoms with Crippen LogP contribution in [0.2, 0.25) is 0 Å². The van der Waals surface area contributed by atoms with Crippen LogP contribution >= 0.6 is 0 Å². The van der Waals surface area contributed by atoms with Gasteiger partial charge in [-0.1, -0.05) is 18.0 Å². The Morgan fingerprint density at radius 1 is 1.16 bits per heavy atom. The molecule has 1 N–H and O–H groups in total. The highest BCUT2D eigenvalue weighted by molar-refractivity contribution is 5.23. The van der Waals surface area contributed by atoms with E-state index in [9.17, 15) is 0 Å². The summed E-state index contributed by atoms with van der Waals surface area (Å²) in [6, 6.07) is 1.02. The van der Waals surface area contributed by atoms with Crippen molar-refractivity contribution in [3.8, 4) is 0 Å². The van der Waals surface area contributed by atoms with Crippen LogP contribution in [0, 0.1) is 0 Å². The van der Waals surface area contributed by atoms with E-state index in [1.165, 1.54) is 38.5 Å². The Kier molecular flexibility index (Phi) is 2.76. The Morgan fingerprint density at radius 3 is 2.79 bits per heavy atom. The van der Waals surface area contributed by atoms with Crippen molar-refractivity contribution in [2.24, 2.45) is 0 Å². The lowest BCUT2D eigenvalue weighted by atomic mass is 9.89. The van der Waals surface area contributed by atoms with Gasteiger partial charge in [-0.15, -0.1) is 0 Å². The van der Waals surface area contributed by atoms with Crippen molar-refractivity contribution in [1.82, 2.24) is 10.1 Å². The molecule has 1 aromatic rings. The minimum absolute atomic E-state index is 0.134. The van der Waals surface area contributed by atoms with Crippen LogP contribution in [0.3, 0.4) is 0 Å². The molecule has 19 heavy (non-hydrogen) atoms. The fourth-order valence-corrected chi connectivity index (χ4v) is 3.49. The average molecular weight is 263 g/mol. The summed E-state index contributed by atoms with van der Waals surface area (Å²) in [5.74, 6) is 1.43. The second-order valence-corrected chi connectivity index (χ2v) is 6.30. The number of ether oxygens (including phenoxy) is 1. The van der Waals surface area contributed by atoms with Gasteiger partial charge in [-0.2, -0.15) is 4.98 Å². The Labute approximate surface area is 113 Å². The molecule has 1 atom stereocenters. The second kappa shape index (κ2) is 4.47. The minimum Gasteiger partial charge on any atom is -0.375 e. The summed E-state index contributed by atoms with van der Waals surface area (Å²) < 4.78 is 11.3. The van der Waals surface area contributed by atoms with E-state index in [1.807, 2.05) is 0 Å². The molecular formula is C14H21N3O2. The van der Waals surface area contributed by atoms with Gasteiger partial charge in [0, 0.05) is 18.6 Å². The zero-order valence-corrected chi connectivity index (χ0v) is 11.2. The van der Waals surface area contributed by atoms with E-state index in [4.69, 9.17) is 9.26 Å². The van der Waals surface area contributed by atoms with Crippen molar-refractivity contribution in [1.29, 1.82) is 0 Å². The van der Waals surface area contributed by atoms with Crippen LogP contribution in [-0.4, -0.2) is 28.4 Å². The van der Waals surface area contributed by atoms with Crippen LogP contribution in [0.15, 0.2) is 4.52 Å². The molecule has 2 aliphatic carbocycles. The van der Waals surface area contributed by atoms with Gasteiger partial charge in [0.2, 0.25) is 0 Å². The van der Waals surface area contributed by atoms with Crippen LogP contribution in [-0.2, 0) is 4.74 Å². The van der Waals surface area contributed by atoms with Crippen molar-refractivity contribution >= 4 is 6.01 Å². The number of rotatable bonds is 3. The van der Waals surface area contributed by atoms with E-state index in [0.29, 0.717) is 18.0 Å². The normalized spacial score (nSPS) is 29.8. The molecule has 5 heteroatoms. The predicted octanol–water partition coefficient (Wildman–Crippen LogP) is 2.85. The number of hydrogen-bond donors (Lipinski definition) is 1. The number of nitrogens with zero attached hydrogens (tertiary/aromatic N) is 2. The summed E-state index contributed by atoms with van der Waals surface area (Å²) in [4.78, 5) is 4.45. The first-order chi connectivity index (χ1) is 9.33. The Morgan fingerprint density at radius 2 is 2.00 bits per heavy atom. The Balaban J connectivity index is 1.40. The lowest BCUT2D eigenvalue weighted by Gasteiger charge is -2.38. The molecule has 2 saturated carbocycles. The molecule has 1 aliphatic heterocycles. The van der Waals surface area contributed by atoms with Crippen molar-refractivity contribution < 1.29 is 9.26 Å². The van der Waals surface area contributed by atoms with Gasteiger partial charge in [-0.3, -0.25) is 0 Å². The summed E-state index contributed by atoms with van der Waals surface area (Å²) in [5.41, 5.74) is 0.134. The summed E-state index contributed by atoms with van der Waals surface area (Å²) in [6.07, 6.45) is 9.55. The Hall–Kier alpha value is -1.10. The van der Waals surface area contributed by atoms with Crippen LogP contribution in [0.25, 0.3) is 0 Å². The zero-order valence-electron chi connectivity index (χ0n) is 11.2. The van der Waals surface area contributed by atoms with Crippen LogP contribution in [0.1, 0.15) is 63.1 Å². The number of hydrogen-bond acceptors (Lipinski definition) is 5. The number of aromatic nitrogens is 2. The zero-order chi connectivity index (χ0) is 12.7. The van der Waals surface area contributed by atoms with Crippen LogP contribution in [0.4, 0.5) is 6.01 Å². The summed E-state index contributed by atoms with van der Waals surface area (Å²) in [6.45, 7) is 0.848. The molecule has 0 aromatic carbocycles. The molecule has 2 heterocycles. The van der Waals surface area contributed by atoms with Crippen LogP contribution < -0.4 is 5.32 Å². The number of anilines is 1. The lowest BCUT2D eigenvalue weighted by Crippen LogP contribution is -2.42. The molecule has 0 unspecified atom stereocenters. The maximum Gasteiger partial charge on any atom is 0.321 e. The highest BCUT2D eigenvalue weighted by Gasteiger charge is 2.40. The summed E-state index contributed by atoms with van der Waals surface area (Å²) in [7, 11) is 0. The van der Waals surface area contributed by atoms with Crippen molar-refractivity contribution in [3.63, 3.8) is 0 Å². The van der Waals surface area contributed by atoms with Gasteiger partial charge in [0.1, 0.15) is 0 Å². The SMILES string of the molecule is C1CCC2(C1)C[C@H](Nc1nc(C3CC3)no1)CCO2. The van der Waals surface area contributed by atoms with Gasteiger partial charge < -0.3 is 14.6 Å². The van der Waals surface area contributed by atoms with E-state index in [0.717, 1.165) is 25.3 Å².